The van der Waals surface area contributed by atoms with Crippen LogP contribution in [0.15, 0.2) is 58.5 Å². The molecule has 0 unspecified atom stereocenters. The number of rotatable bonds is 4. The van der Waals surface area contributed by atoms with Crippen LogP contribution in [0.4, 0.5) is 10.1 Å². The van der Waals surface area contributed by atoms with Gasteiger partial charge in [0.1, 0.15) is 18.2 Å². The lowest BCUT2D eigenvalue weighted by Gasteiger charge is -2.07. The number of hydrogen-bond acceptors (Lipinski definition) is 2. The van der Waals surface area contributed by atoms with E-state index in [0.717, 1.165) is 5.56 Å². The van der Waals surface area contributed by atoms with Crippen molar-refractivity contribution in [2.45, 2.75) is 6.61 Å². The zero-order valence-electron chi connectivity index (χ0n) is 11.7. The summed E-state index contributed by atoms with van der Waals surface area (Å²) >= 11 is 0. The zero-order chi connectivity index (χ0) is 15.9. The Hall–Kier alpha value is -3.09. The molecule has 2 aromatic rings. The van der Waals surface area contributed by atoms with Crippen LogP contribution in [0.5, 0.6) is 5.75 Å². The fourth-order valence-electron chi connectivity index (χ4n) is 1.68. The van der Waals surface area contributed by atoms with Gasteiger partial charge in [-0.1, -0.05) is 18.2 Å². The highest BCUT2D eigenvalue weighted by Gasteiger charge is 1.99. The summed E-state index contributed by atoms with van der Waals surface area (Å²) < 4.78 is 18.4. The van der Waals surface area contributed by atoms with Gasteiger partial charge >= 0.3 is 0 Å². The summed E-state index contributed by atoms with van der Waals surface area (Å²) in [5.74, 6) is 0.110. The van der Waals surface area contributed by atoms with Crippen molar-refractivity contribution in [3.8, 4) is 5.75 Å². The summed E-state index contributed by atoms with van der Waals surface area (Å²) in [5, 5.41) is 0. The molecule has 114 valence electrons. The SMILES string of the molecule is NC(N)=NC(N)=Nc1cccc(OCc2ccc(F)cc2)c1. The van der Waals surface area contributed by atoms with Crippen LogP contribution in [0.1, 0.15) is 5.56 Å². The van der Waals surface area contributed by atoms with Crippen LogP contribution in [-0.2, 0) is 6.61 Å². The second-order valence-corrected chi connectivity index (χ2v) is 4.42. The third-order valence-corrected chi connectivity index (χ3v) is 2.62. The molecule has 6 nitrogen and oxygen atoms in total. The summed E-state index contributed by atoms with van der Waals surface area (Å²) in [4.78, 5) is 7.67. The number of nitrogens with two attached hydrogens (primary N) is 3. The van der Waals surface area contributed by atoms with Crippen LogP contribution in [-0.4, -0.2) is 11.9 Å². The highest BCUT2D eigenvalue weighted by atomic mass is 19.1. The van der Waals surface area contributed by atoms with Gasteiger partial charge in [0.25, 0.3) is 0 Å². The summed E-state index contributed by atoms with van der Waals surface area (Å²) in [6.07, 6.45) is 0. The van der Waals surface area contributed by atoms with Gasteiger partial charge in [-0.15, -0.1) is 0 Å². The molecular weight excluding hydrogens is 285 g/mol. The summed E-state index contributed by atoms with van der Waals surface area (Å²) in [5.41, 5.74) is 17.4. The molecular formula is C15H16FN5O. The van der Waals surface area contributed by atoms with E-state index in [1.807, 2.05) is 0 Å². The number of benzene rings is 2. The molecule has 0 fully saturated rings. The summed E-state index contributed by atoms with van der Waals surface area (Å²) in [7, 11) is 0. The van der Waals surface area contributed by atoms with E-state index in [2.05, 4.69) is 9.98 Å². The van der Waals surface area contributed by atoms with Crippen molar-refractivity contribution in [2.24, 2.45) is 27.2 Å². The molecule has 0 bridgehead atoms. The smallest absolute Gasteiger partial charge is 0.223 e. The minimum absolute atomic E-state index is 0.0457. The van der Waals surface area contributed by atoms with Gasteiger partial charge in [0.15, 0.2) is 5.96 Å². The lowest BCUT2D eigenvalue weighted by Crippen LogP contribution is -2.26. The van der Waals surface area contributed by atoms with Crippen molar-refractivity contribution in [1.29, 1.82) is 0 Å². The van der Waals surface area contributed by atoms with Gasteiger partial charge in [-0.2, -0.15) is 4.99 Å². The molecule has 2 rings (SSSR count). The van der Waals surface area contributed by atoms with Crippen molar-refractivity contribution in [1.82, 2.24) is 0 Å². The Balaban J connectivity index is 2.05. The standard InChI is InChI=1S/C15H16FN5O/c16-11-6-4-10(5-7-11)9-22-13-3-1-2-12(8-13)20-15(19)21-14(17)18/h1-8H,9H2,(H6,17,18,19,20,21). The van der Waals surface area contributed by atoms with Gasteiger partial charge < -0.3 is 21.9 Å². The number of aliphatic imine (C=N–C) groups is 2. The van der Waals surface area contributed by atoms with Gasteiger partial charge in [0, 0.05) is 6.07 Å². The molecule has 0 aliphatic rings. The van der Waals surface area contributed by atoms with E-state index in [9.17, 15) is 4.39 Å². The number of ether oxygens (including phenoxy) is 1. The lowest BCUT2D eigenvalue weighted by molar-refractivity contribution is 0.306. The largest absolute Gasteiger partial charge is 0.489 e. The molecule has 0 heterocycles. The predicted octanol–water partition coefficient (Wildman–Crippen LogP) is 1.62. The summed E-state index contributed by atoms with van der Waals surface area (Å²) in [6.45, 7) is 0.316. The molecule has 0 saturated carbocycles. The molecule has 0 aliphatic carbocycles. The first kappa shape index (κ1) is 15.3. The Bertz CT molecular complexity index is 693. The predicted molar refractivity (Wildman–Crippen MR) is 84.3 cm³/mol. The van der Waals surface area contributed by atoms with Crippen molar-refractivity contribution in [2.75, 3.05) is 0 Å². The average Bonchev–Trinajstić information content (AvgIpc) is 2.46. The van der Waals surface area contributed by atoms with Crippen LogP contribution < -0.4 is 21.9 Å². The van der Waals surface area contributed by atoms with Crippen LogP contribution >= 0.6 is 0 Å². The molecule has 0 aromatic heterocycles. The topological polar surface area (TPSA) is 112 Å². The maximum atomic E-state index is 12.8. The Morgan fingerprint density at radius 2 is 1.77 bits per heavy atom. The van der Waals surface area contributed by atoms with Gasteiger partial charge in [-0.3, -0.25) is 0 Å². The van der Waals surface area contributed by atoms with Crippen LogP contribution in [0.25, 0.3) is 0 Å². The van der Waals surface area contributed by atoms with Crippen molar-refractivity contribution >= 4 is 17.6 Å². The van der Waals surface area contributed by atoms with Gasteiger partial charge in [0.05, 0.1) is 5.69 Å². The highest BCUT2D eigenvalue weighted by molar-refractivity contribution is 5.93. The molecule has 0 atom stereocenters. The Kier molecular flexibility index (Phi) is 4.92. The summed E-state index contributed by atoms with van der Waals surface area (Å²) in [6, 6.07) is 13.1. The number of hydrogen-bond donors (Lipinski definition) is 3. The quantitative estimate of drug-likeness (QED) is 0.588. The van der Waals surface area contributed by atoms with Crippen LogP contribution in [0.2, 0.25) is 0 Å². The molecule has 0 amide bonds. The maximum absolute atomic E-state index is 12.8. The first-order valence-corrected chi connectivity index (χ1v) is 6.44. The second-order valence-electron chi connectivity index (χ2n) is 4.42. The molecule has 0 radical (unpaired) electrons. The van der Waals surface area contributed by atoms with E-state index < -0.39 is 0 Å². The van der Waals surface area contributed by atoms with E-state index >= 15 is 0 Å². The maximum Gasteiger partial charge on any atom is 0.223 e. The van der Waals surface area contributed by atoms with E-state index in [1.165, 1.54) is 12.1 Å². The molecule has 0 spiro atoms. The van der Waals surface area contributed by atoms with Gasteiger partial charge in [-0.05, 0) is 29.8 Å². The molecule has 0 aliphatic heterocycles. The van der Waals surface area contributed by atoms with E-state index in [1.54, 1.807) is 36.4 Å². The third kappa shape index (κ3) is 4.78. The number of guanidine groups is 2. The first-order valence-electron chi connectivity index (χ1n) is 6.44. The molecule has 6 N–H and O–H groups in total. The van der Waals surface area contributed by atoms with Crippen LogP contribution in [0, 0.1) is 5.82 Å². The van der Waals surface area contributed by atoms with Crippen LogP contribution in [0.3, 0.4) is 0 Å². The number of nitrogens with zero attached hydrogens (tertiary/aromatic N) is 2. The van der Waals surface area contributed by atoms with Crippen molar-refractivity contribution in [3.05, 3.63) is 59.9 Å². The fraction of sp³-hybridized carbons (Fsp3) is 0.0667. The Morgan fingerprint density at radius 1 is 1.05 bits per heavy atom. The average molecular weight is 301 g/mol. The molecule has 7 heteroatoms. The van der Waals surface area contributed by atoms with Gasteiger partial charge in [0.2, 0.25) is 5.96 Å². The molecule has 0 saturated heterocycles. The Morgan fingerprint density at radius 3 is 2.45 bits per heavy atom. The van der Waals surface area contributed by atoms with E-state index in [-0.39, 0.29) is 17.7 Å². The normalized spacial score (nSPS) is 11.0. The first-order chi connectivity index (χ1) is 10.5. The van der Waals surface area contributed by atoms with Crippen molar-refractivity contribution in [3.63, 3.8) is 0 Å². The van der Waals surface area contributed by atoms with E-state index in [4.69, 9.17) is 21.9 Å². The molecule has 22 heavy (non-hydrogen) atoms. The fourth-order valence-corrected chi connectivity index (χ4v) is 1.68. The number of halogens is 1. The van der Waals surface area contributed by atoms with Crippen molar-refractivity contribution < 1.29 is 9.13 Å². The lowest BCUT2D eigenvalue weighted by atomic mass is 10.2. The monoisotopic (exact) mass is 301 g/mol. The zero-order valence-corrected chi connectivity index (χ0v) is 11.7. The van der Waals surface area contributed by atoms with Gasteiger partial charge in [-0.25, -0.2) is 9.38 Å². The van der Waals surface area contributed by atoms with E-state index in [0.29, 0.717) is 18.0 Å². The minimum Gasteiger partial charge on any atom is -0.489 e. The minimum atomic E-state index is -0.282. The second kappa shape index (κ2) is 7.07. The highest BCUT2D eigenvalue weighted by Crippen LogP contribution is 2.21. The molecule has 2 aromatic carbocycles. The third-order valence-electron chi connectivity index (χ3n) is 2.62. The Labute approximate surface area is 127 Å².